The minimum absolute atomic E-state index is 0.0106. The van der Waals surface area contributed by atoms with Crippen LogP contribution in [-0.4, -0.2) is 11.1 Å². The van der Waals surface area contributed by atoms with E-state index in [1.165, 1.54) is 6.42 Å². The molecule has 0 amide bonds. The van der Waals surface area contributed by atoms with Crippen LogP contribution in [0.4, 0.5) is 0 Å². The second-order valence-corrected chi connectivity index (χ2v) is 7.24. The first kappa shape index (κ1) is 11.6. The van der Waals surface area contributed by atoms with Gasteiger partial charge in [0.25, 0.3) is 0 Å². The van der Waals surface area contributed by atoms with E-state index in [9.17, 15) is 9.90 Å². The number of carboxylic acids is 1. The normalized spacial score (nSPS) is 43.6. The zero-order valence-corrected chi connectivity index (χ0v) is 11.3. The Morgan fingerprint density at radius 2 is 1.95 bits per heavy atom. The fraction of sp³-hybridized carbons (Fsp3) is 0.688. The summed E-state index contributed by atoms with van der Waals surface area (Å²) in [4.78, 5) is 11.8. The fourth-order valence-electron chi connectivity index (χ4n) is 5.52. The maximum atomic E-state index is 11.8. The van der Waals surface area contributed by atoms with E-state index in [0.717, 1.165) is 43.6 Å². The summed E-state index contributed by atoms with van der Waals surface area (Å²) in [6, 6.07) is 4.10. The third kappa shape index (κ3) is 1.47. The van der Waals surface area contributed by atoms with Crippen LogP contribution in [0.2, 0.25) is 0 Å². The fourth-order valence-corrected chi connectivity index (χ4v) is 5.52. The highest BCUT2D eigenvalue weighted by atomic mass is 16.4. The van der Waals surface area contributed by atoms with Crippen molar-refractivity contribution >= 4 is 5.97 Å². The largest absolute Gasteiger partial charge is 0.481 e. The van der Waals surface area contributed by atoms with Gasteiger partial charge in [-0.2, -0.15) is 0 Å². The van der Waals surface area contributed by atoms with Gasteiger partial charge in [0.2, 0.25) is 0 Å². The molecule has 1 aromatic rings. The highest BCUT2D eigenvalue weighted by Crippen LogP contribution is 2.65. The molecule has 0 saturated heterocycles. The second-order valence-electron chi connectivity index (χ2n) is 7.24. The minimum Gasteiger partial charge on any atom is -0.481 e. The number of aryl methyl sites for hydroxylation is 1. The summed E-state index contributed by atoms with van der Waals surface area (Å²) in [6.07, 6.45) is 6.06. The van der Waals surface area contributed by atoms with E-state index in [1.807, 2.05) is 13.0 Å². The van der Waals surface area contributed by atoms with Crippen LogP contribution in [0, 0.1) is 24.2 Å². The lowest BCUT2D eigenvalue weighted by Crippen LogP contribution is -2.56. The molecule has 4 fully saturated rings. The van der Waals surface area contributed by atoms with Crippen molar-refractivity contribution in [3.8, 4) is 0 Å². The van der Waals surface area contributed by atoms with Crippen LogP contribution >= 0.6 is 0 Å². The predicted molar refractivity (Wildman–Crippen MR) is 69.9 cm³/mol. The van der Waals surface area contributed by atoms with Crippen molar-refractivity contribution < 1.29 is 14.3 Å². The monoisotopic (exact) mass is 260 g/mol. The van der Waals surface area contributed by atoms with Crippen LogP contribution in [0.5, 0.6) is 0 Å². The molecule has 2 atom stereocenters. The standard InChI is InChI=1S/C16H20O3/c1-10-2-3-13(19-10)15-5-11-4-12(6-15)8-16(7-11,9-15)14(17)18/h2-3,11-12H,4-9H2,1H3,(H,17,18). The molecule has 1 heterocycles. The molecule has 19 heavy (non-hydrogen) atoms. The molecule has 0 spiro atoms. The van der Waals surface area contributed by atoms with Crippen molar-refractivity contribution in [1.82, 2.24) is 0 Å². The number of aliphatic carboxylic acids is 1. The van der Waals surface area contributed by atoms with Crippen LogP contribution in [0.1, 0.15) is 50.0 Å². The van der Waals surface area contributed by atoms with Gasteiger partial charge >= 0.3 is 5.97 Å². The van der Waals surface area contributed by atoms with Crippen molar-refractivity contribution in [2.24, 2.45) is 17.3 Å². The summed E-state index contributed by atoms with van der Waals surface area (Å²) in [6.45, 7) is 1.97. The van der Waals surface area contributed by atoms with Gasteiger partial charge in [-0.25, -0.2) is 0 Å². The van der Waals surface area contributed by atoms with Crippen molar-refractivity contribution in [3.63, 3.8) is 0 Å². The van der Waals surface area contributed by atoms with Gasteiger partial charge in [0.05, 0.1) is 5.41 Å². The van der Waals surface area contributed by atoms with Crippen LogP contribution in [0.3, 0.4) is 0 Å². The number of carbonyl (C=O) groups is 1. The maximum absolute atomic E-state index is 11.8. The Labute approximate surface area is 113 Å². The lowest BCUT2D eigenvalue weighted by Gasteiger charge is -2.59. The molecule has 1 aromatic heterocycles. The summed E-state index contributed by atoms with van der Waals surface area (Å²) in [5.74, 6) is 2.58. The van der Waals surface area contributed by atoms with Gasteiger partial charge in [-0.15, -0.1) is 0 Å². The lowest BCUT2D eigenvalue weighted by molar-refractivity contribution is -0.168. The molecule has 4 aliphatic rings. The second kappa shape index (κ2) is 3.44. The zero-order chi connectivity index (χ0) is 13.3. The number of carboxylic acid groups (broad SMARTS) is 1. The molecule has 0 radical (unpaired) electrons. The highest BCUT2D eigenvalue weighted by Gasteiger charge is 2.62. The predicted octanol–water partition coefficient (Wildman–Crippen LogP) is 3.51. The zero-order valence-electron chi connectivity index (χ0n) is 11.3. The molecule has 4 aliphatic carbocycles. The third-order valence-corrected chi connectivity index (χ3v) is 5.78. The van der Waals surface area contributed by atoms with Gasteiger partial charge in [0, 0.05) is 5.41 Å². The topological polar surface area (TPSA) is 50.4 Å². The van der Waals surface area contributed by atoms with E-state index in [-0.39, 0.29) is 5.41 Å². The Bertz CT molecular complexity index is 528. The summed E-state index contributed by atoms with van der Waals surface area (Å²) in [5, 5.41) is 9.71. The van der Waals surface area contributed by atoms with E-state index in [4.69, 9.17) is 4.42 Å². The van der Waals surface area contributed by atoms with Crippen molar-refractivity contribution in [3.05, 3.63) is 23.7 Å². The number of furan rings is 1. The first-order valence-electron chi connectivity index (χ1n) is 7.32. The summed E-state index contributed by atoms with van der Waals surface area (Å²) in [5.41, 5.74) is -0.457. The average Bonchev–Trinajstić information content (AvgIpc) is 2.74. The van der Waals surface area contributed by atoms with Gasteiger partial charge in [-0.1, -0.05) is 0 Å². The molecule has 2 unspecified atom stereocenters. The average molecular weight is 260 g/mol. The lowest BCUT2D eigenvalue weighted by atomic mass is 9.43. The Hall–Kier alpha value is -1.25. The molecule has 5 rings (SSSR count). The van der Waals surface area contributed by atoms with E-state index in [0.29, 0.717) is 11.8 Å². The molecule has 1 N–H and O–H groups in total. The van der Waals surface area contributed by atoms with Crippen molar-refractivity contribution in [2.75, 3.05) is 0 Å². The molecular weight excluding hydrogens is 240 g/mol. The molecule has 0 aliphatic heterocycles. The summed E-state index contributed by atoms with van der Waals surface area (Å²) < 4.78 is 5.90. The Balaban J connectivity index is 1.80. The molecular formula is C16H20O3. The van der Waals surface area contributed by atoms with Gasteiger partial charge < -0.3 is 9.52 Å². The van der Waals surface area contributed by atoms with Crippen LogP contribution in [0.25, 0.3) is 0 Å². The highest BCUT2D eigenvalue weighted by molar-refractivity contribution is 5.75. The molecule has 3 heteroatoms. The molecule has 0 aromatic carbocycles. The van der Waals surface area contributed by atoms with Gasteiger partial charge in [0.1, 0.15) is 11.5 Å². The van der Waals surface area contributed by atoms with E-state index < -0.39 is 11.4 Å². The summed E-state index contributed by atoms with van der Waals surface area (Å²) >= 11 is 0. The van der Waals surface area contributed by atoms with Gasteiger partial charge in [-0.3, -0.25) is 4.79 Å². The Morgan fingerprint density at radius 1 is 1.26 bits per heavy atom. The smallest absolute Gasteiger partial charge is 0.309 e. The molecule has 3 nitrogen and oxygen atoms in total. The molecule has 4 saturated carbocycles. The van der Waals surface area contributed by atoms with Gasteiger partial charge in [0.15, 0.2) is 0 Å². The first-order valence-corrected chi connectivity index (χ1v) is 7.32. The quantitative estimate of drug-likeness (QED) is 0.885. The number of hydrogen-bond donors (Lipinski definition) is 1. The SMILES string of the molecule is Cc1ccc(C23CC4CC(CC(C(=O)O)(C4)C2)C3)o1. The number of rotatable bonds is 2. The maximum Gasteiger partial charge on any atom is 0.309 e. The number of hydrogen-bond acceptors (Lipinski definition) is 2. The van der Waals surface area contributed by atoms with Crippen LogP contribution in [-0.2, 0) is 10.2 Å². The van der Waals surface area contributed by atoms with Crippen LogP contribution < -0.4 is 0 Å². The van der Waals surface area contributed by atoms with E-state index in [1.54, 1.807) is 0 Å². The van der Waals surface area contributed by atoms with Crippen molar-refractivity contribution in [1.29, 1.82) is 0 Å². The molecule has 102 valence electrons. The Morgan fingerprint density at radius 3 is 2.47 bits per heavy atom. The van der Waals surface area contributed by atoms with Crippen LogP contribution in [0.15, 0.2) is 16.5 Å². The molecule has 4 bridgehead atoms. The first-order chi connectivity index (χ1) is 9.01. The Kier molecular flexibility index (Phi) is 2.09. The minimum atomic E-state index is -0.575. The van der Waals surface area contributed by atoms with Crippen molar-refractivity contribution in [2.45, 2.75) is 50.9 Å². The van der Waals surface area contributed by atoms with E-state index >= 15 is 0 Å². The third-order valence-electron chi connectivity index (χ3n) is 5.78. The van der Waals surface area contributed by atoms with E-state index in [2.05, 4.69) is 6.07 Å². The summed E-state index contributed by atoms with van der Waals surface area (Å²) in [7, 11) is 0. The van der Waals surface area contributed by atoms with Gasteiger partial charge in [-0.05, 0) is 69.4 Å².